The van der Waals surface area contributed by atoms with E-state index in [1.54, 1.807) is 0 Å². The van der Waals surface area contributed by atoms with Crippen LogP contribution in [0.2, 0.25) is 0 Å². The van der Waals surface area contributed by atoms with Crippen molar-refractivity contribution in [2.45, 2.75) is 15.2 Å². The number of hydrogen-bond donors (Lipinski definition) is 0. The molecule has 1 spiro atoms. The van der Waals surface area contributed by atoms with Crippen molar-refractivity contribution in [3.63, 3.8) is 0 Å². The van der Waals surface area contributed by atoms with Gasteiger partial charge in [-0.1, -0.05) is 169 Å². The number of nitrogens with zero attached hydrogens (tertiary/aromatic N) is 4. The lowest BCUT2D eigenvalue weighted by molar-refractivity contribution is 0.722. The third-order valence-corrected chi connectivity index (χ3v) is 12.6. The highest BCUT2D eigenvalue weighted by Crippen LogP contribution is 2.63. The zero-order valence-corrected chi connectivity index (χ0v) is 32.0. The van der Waals surface area contributed by atoms with E-state index >= 15 is 0 Å². The molecule has 0 amide bonds. The van der Waals surface area contributed by atoms with E-state index in [4.69, 9.17) is 15.0 Å². The van der Waals surface area contributed by atoms with Gasteiger partial charge in [-0.3, -0.25) is 0 Å². The van der Waals surface area contributed by atoms with Crippen molar-refractivity contribution >= 4 is 11.8 Å². The van der Waals surface area contributed by atoms with Crippen LogP contribution in [0.1, 0.15) is 27.8 Å². The minimum absolute atomic E-state index is 0.610. The van der Waals surface area contributed by atoms with Crippen LogP contribution in [0.25, 0.3) is 67.5 Å². The minimum atomic E-state index is -0.640. The zero-order valence-electron chi connectivity index (χ0n) is 31.2. The van der Waals surface area contributed by atoms with Crippen molar-refractivity contribution in [2.24, 2.45) is 0 Å². The maximum absolute atomic E-state index is 10.1. The topological polar surface area (TPSA) is 62.5 Å². The minimum Gasteiger partial charge on any atom is -0.208 e. The molecule has 0 saturated heterocycles. The number of rotatable bonds is 5. The summed E-state index contributed by atoms with van der Waals surface area (Å²) in [4.78, 5) is 18.0. The first kappa shape index (κ1) is 33.9. The van der Waals surface area contributed by atoms with Crippen molar-refractivity contribution in [3.05, 3.63) is 222 Å². The molecule has 5 heteroatoms. The smallest absolute Gasteiger partial charge is 0.164 e. The van der Waals surface area contributed by atoms with E-state index in [9.17, 15) is 5.26 Å². The fourth-order valence-corrected chi connectivity index (χ4v) is 10.0. The van der Waals surface area contributed by atoms with Gasteiger partial charge in [-0.25, -0.2) is 15.0 Å². The Morgan fingerprint density at radius 1 is 0.362 bits per heavy atom. The molecule has 0 atom stereocenters. The summed E-state index contributed by atoms with van der Waals surface area (Å²) >= 11 is 1.82. The molecule has 0 N–H and O–H groups in total. The first-order chi connectivity index (χ1) is 28.7. The highest BCUT2D eigenvalue weighted by Gasteiger charge is 2.50. The van der Waals surface area contributed by atoms with Crippen molar-refractivity contribution in [2.75, 3.05) is 0 Å². The second-order valence-electron chi connectivity index (χ2n) is 14.6. The number of hydrogen-bond acceptors (Lipinski definition) is 5. The van der Waals surface area contributed by atoms with E-state index in [-0.39, 0.29) is 0 Å². The Morgan fingerprint density at radius 2 is 0.845 bits per heavy atom. The molecular formula is C53H32N4S. The largest absolute Gasteiger partial charge is 0.208 e. The fraction of sp³-hybridized carbons (Fsp3) is 0.0189. The maximum atomic E-state index is 10.1. The van der Waals surface area contributed by atoms with Crippen molar-refractivity contribution in [3.8, 4) is 73.6 Å². The van der Waals surface area contributed by atoms with Crippen molar-refractivity contribution in [1.82, 2.24) is 15.0 Å². The van der Waals surface area contributed by atoms with Gasteiger partial charge in [0.25, 0.3) is 0 Å². The molecular weight excluding hydrogens is 725 g/mol. The SMILES string of the molecule is N#Cc1ccccc1-c1ccc2c(c1)C1(c3ccccc3Sc3ccccc31)c1cc(-c3nc(-c4ccccc4)nc(-c4cccc(-c5ccccc5)c4)n3)ccc1-2. The Morgan fingerprint density at radius 3 is 1.50 bits per heavy atom. The van der Waals surface area contributed by atoms with Gasteiger partial charge in [-0.15, -0.1) is 0 Å². The molecule has 4 nitrogen and oxygen atoms in total. The second kappa shape index (κ2) is 13.7. The summed E-state index contributed by atoms with van der Waals surface area (Å²) in [6.45, 7) is 0. The molecule has 9 aromatic rings. The van der Waals surface area contributed by atoms with Gasteiger partial charge in [-0.05, 0) is 92.0 Å². The molecule has 1 aliphatic heterocycles. The molecule has 2 heterocycles. The molecule has 0 unspecified atom stereocenters. The lowest BCUT2D eigenvalue weighted by atomic mass is 9.67. The van der Waals surface area contributed by atoms with Gasteiger partial charge in [0.15, 0.2) is 17.5 Å². The molecule has 0 radical (unpaired) electrons. The molecule has 1 aliphatic carbocycles. The molecule has 0 fully saturated rings. The van der Waals surface area contributed by atoms with Crippen LogP contribution in [0, 0.1) is 11.3 Å². The quantitative estimate of drug-likeness (QED) is 0.175. The van der Waals surface area contributed by atoms with Crippen LogP contribution < -0.4 is 0 Å². The van der Waals surface area contributed by atoms with Crippen molar-refractivity contribution < 1.29 is 0 Å². The Bertz CT molecular complexity index is 3070. The van der Waals surface area contributed by atoms with E-state index < -0.39 is 5.41 Å². The van der Waals surface area contributed by atoms with Crippen LogP contribution in [0.4, 0.5) is 0 Å². The summed E-state index contributed by atoms with van der Waals surface area (Å²) in [5.41, 5.74) is 14.1. The Hall–Kier alpha value is -7.39. The monoisotopic (exact) mass is 756 g/mol. The van der Waals surface area contributed by atoms with E-state index in [0.29, 0.717) is 23.0 Å². The Balaban J connectivity index is 1.16. The first-order valence-corrected chi connectivity index (χ1v) is 20.1. The van der Waals surface area contributed by atoms with Crippen LogP contribution >= 0.6 is 11.8 Å². The predicted molar refractivity (Wildman–Crippen MR) is 233 cm³/mol. The Labute approximate surface area is 341 Å². The zero-order chi connectivity index (χ0) is 38.6. The van der Waals surface area contributed by atoms with Gasteiger partial charge >= 0.3 is 0 Å². The normalized spacial score (nSPS) is 12.9. The number of fused-ring (bicyclic) bond motifs is 9. The van der Waals surface area contributed by atoms with Crippen LogP contribution in [0.3, 0.4) is 0 Å². The standard InChI is InChI=1S/C53H32N4S/c54-33-40-18-7-8-21-41(40)37-26-28-42-43-29-27-39(32-47(43)53(46(42)31-37)44-22-9-11-24-48(44)58-49-25-12-10-23-45(49)53)52-56-50(35-16-5-2-6-17-35)55-51(57-52)38-20-13-19-36(30-38)34-14-3-1-4-15-34/h1-32H. The van der Waals surface area contributed by atoms with E-state index in [1.165, 1.54) is 43.2 Å². The van der Waals surface area contributed by atoms with Gasteiger partial charge in [0.2, 0.25) is 0 Å². The molecule has 1 aromatic heterocycles. The molecule has 0 saturated carbocycles. The fourth-order valence-electron chi connectivity index (χ4n) is 8.86. The maximum Gasteiger partial charge on any atom is 0.164 e. The van der Waals surface area contributed by atoms with Gasteiger partial charge in [0.1, 0.15) is 0 Å². The molecule has 8 aromatic carbocycles. The molecule has 2 aliphatic rings. The van der Waals surface area contributed by atoms with Crippen LogP contribution in [0.15, 0.2) is 204 Å². The molecule has 11 rings (SSSR count). The van der Waals surface area contributed by atoms with E-state index in [0.717, 1.165) is 38.9 Å². The van der Waals surface area contributed by atoms with Gasteiger partial charge in [0, 0.05) is 26.5 Å². The highest BCUT2D eigenvalue weighted by atomic mass is 32.2. The number of nitriles is 1. The Kier molecular flexibility index (Phi) is 7.99. The van der Waals surface area contributed by atoms with Crippen molar-refractivity contribution in [1.29, 1.82) is 5.26 Å². The summed E-state index contributed by atoms with van der Waals surface area (Å²) in [7, 11) is 0. The number of aromatic nitrogens is 3. The second-order valence-corrected chi connectivity index (χ2v) is 15.7. The summed E-state index contributed by atoms with van der Waals surface area (Å²) in [5.74, 6) is 1.85. The summed E-state index contributed by atoms with van der Waals surface area (Å²) in [6.07, 6.45) is 0. The van der Waals surface area contributed by atoms with Gasteiger partial charge in [-0.2, -0.15) is 5.26 Å². The molecule has 0 bridgehead atoms. The predicted octanol–water partition coefficient (Wildman–Crippen LogP) is 12.9. The van der Waals surface area contributed by atoms with Crippen LogP contribution in [-0.4, -0.2) is 15.0 Å². The van der Waals surface area contributed by atoms with E-state index in [2.05, 4.69) is 140 Å². The van der Waals surface area contributed by atoms with Gasteiger partial charge < -0.3 is 0 Å². The number of benzene rings is 8. The summed E-state index contributed by atoms with van der Waals surface area (Å²) < 4.78 is 0. The lowest BCUT2D eigenvalue weighted by Gasteiger charge is -2.39. The average Bonchev–Trinajstić information content (AvgIpc) is 3.58. The molecule has 58 heavy (non-hydrogen) atoms. The van der Waals surface area contributed by atoms with Crippen LogP contribution in [-0.2, 0) is 5.41 Å². The molecule has 270 valence electrons. The van der Waals surface area contributed by atoms with E-state index in [1.807, 2.05) is 72.4 Å². The summed E-state index contributed by atoms with van der Waals surface area (Å²) in [6, 6.07) is 70.3. The lowest BCUT2D eigenvalue weighted by Crippen LogP contribution is -2.32. The third kappa shape index (κ3) is 5.34. The van der Waals surface area contributed by atoms with Gasteiger partial charge in [0.05, 0.1) is 17.0 Å². The average molecular weight is 757 g/mol. The first-order valence-electron chi connectivity index (χ1n) is 19.3. The highest BCUT2D eigenvalue weighted by molar-refractivity contribution is 7.99. The summed E-state index contributed by atoms with van der Waals surface area (Å²) in [5, 5.41) is 10.1. The van der Waals surface area contributed by atoms with Crippen LogP contribution in [0.5, 0.6) is 0 Å². The third-order valence-electron chi connectivity index (χ3n) is 11.5.